The van der Waals surface area contributed by atoms with Gasteiger partial charge >= 0.3 is 5.97 Å². The van der Waals surface area contributed by atoms with E-state index < -0.39 is 0 Å². The molecule has 0 N–H and O–H groups in total. The molecule has 4 heteroatoms. The summed E-state index contributed by atoms with van der Waals surface area (Å²) in [7, 11) is 1.37. The van der Waals surface area contributed by atoms with Gasteiger partial charge in [-0.25, -0.2) is 4.79 Å². The van der Waals surface area contributed by atoms with Crippen LogP contribution in [0.1, 0.15) is 26.4 Å². The van der Waals surface area contributed by atoms with Crippen LogP contribution in [-0.2, 0) is 11.2 Å². The molecular formula is C14H11NO2S. The number of ether oxygens (including phenoxy) is 1. The number of carbonyl (C=O) groups excluding carboxylic acids is 1. The Balaban J connectivity index is 2.33. The third-order valence-corrected chi connectivity index (χ3v) is 3.57. The highest BCUT2D eigenvalue weighted by molar-refractivity contribution is 7.12. The zero-order valence-corrected chi connectivity index (χ0v) is 10.7. The molecule has 0 bridgehead atoms. The van der Waals surface area contributed by atoms with Gasteiger partial charge in [0.25, 0.3) is 0 Å². The summed E-state index contributed by atoms with van der Waals surface area (Å²) in [5.74, 6) is -0.325. The van der Waals surface area contributed by atoms with Gasteiger partial charge in [-0.3, -0.25) is 0 Å². The molecule has 0 aliphatic carbocycles. The second-order valence-corrected chi connectivity index (χ2v) is 4.63. The number of hydrogen-bond donors (Lipinski definition) is 0. The van der Waals surface area contributed by atoms with Crippen LogP contribution in [0, 0.1) is 11.3 Å². The molecule has 90 valence electrons. The fourth-order valence-corrected chi connectivity index (χ4v) is 2.57. The first kappa shape index (κ1) is 12.3. The summed E-state index contributed by atoms with van der Waals surface area (Å²) in [4.78, 5) is 12.2. The number of rotatable bonds is 3. The summed E-state index contributed by atoms with van der Waals surface area (Å²) in [5, 5.41) is 10.9. The summed E-state index contributed by atoms with van der Waals surface area (Å²) in [6.07, 6.45) is 0.567. The van der Waals surface area contributed by atoms with Crippen LogP contribution < -0.4 is 0 Å². The quantitative estimate of drug-likeness (QED) is 0.794. The molecule has 1 aromatic carbocycles. The molecule has 3 nitrogen and oxygen atoms in total. The Hall–Kier alpha value is -2.12. The lowest BCUT2D eigenvalue weighted by Gasteiger charge is -2.04. The van der Waals surface area contributed by atoms with E-state index in [1.807, 2.05) is 29.6 Å². The van der Waals surface area contributed by atoms with E-state index in [-0.39, 0.29) is 5.97 Å². The van der Waals surface area contributed by atoms with Gasteiger partial charge in [0.1, 0.15) is 4.88 Å². The van der Waals surface area contributed by atoms with Crippen LogP contribution >= 0.6 is 11.3 Å². The molecule has 0 unspecified atom stereocenters. The highest BCUT2D eigenvalue weighted by atomic mass is 32.1. The molecule has 0 aliphatic rings. The first-order chi connectivity index (χ1) is 8.76. The fraction of sp³-hybridized carbons (Fsp3) is 0.143. The van der Waals surface area contributed by atoms with Crippen LogP contribution in [0.3, 0.4) is 0 Å². The van der Waals surface area contributed by atoms with Gasteiger partial charge in [0.15, 0.2) is 0 Å². The Labute approximate surface area is 109 Å². The maximum Gasteiger partial charge on any atom is 0.348 e. The SMILES string of the molecule is COC(=O)c1sccc1Cc1ccccc1C#N. The number of esters is 1. The van der Waals surface area contributed by atoms with Crippen molar-refractivity contribution in [3.8, 4) is 6.07 Å². The minimum absolute atomic E-state index is 0.325. The van der Waals surface area contributed by atoms with Crippen molar-refractivity contribution in [2.75, 3.05) is 7.11 Å². The van der Waals surface area contributed by atoms with Crippen molar-refractivity contribution in [2.45, 2.75) is 6.42 Å². The highest BCUT2D eigenvalue weighted by Gasteiger charge is 2.14. The number of benzene rings is 1. The Bertz CT molecular complexity index is 610. The lowest BCUT2D eigenvalue weighted by Crippen LogP contribution is -2.03. The van der Waals surface area contributed by atoms with E-state index in [0.717, 1.165) is 11.1 Å². The first-order valence-electron chi connectivity index (χ1n) is 5.39. The van der Waals surface area contributed by atoms with E-state index in [1.165, 1.54) is 18.4 Å². The van der Waals surface area contributed by atoms with E-state index in [9.17, 15) is 4.79 Å². The van der Waals surface area contributed by atoms with Crippen molar-refractivity contribution in [2.24, 2.45) is 0 Å². The molecule has 0 saturated heterocycles. The third kappa shape index (κ3) is 2.41. The second-order valence-electron chi connectivity index (χ2n) is 3.71. The van der Waals surface area contributed by atoms with Gasteiger partial charge in [-0.2, -0.15) is 5.26 Å². The number of nitrogens with zero attached hydrogens (tertiary/aromatic N) is 1. The van der Waals surface area contributed by atoms with Gasteiger partial charge in [-0.05, 0) is 28.6 Å². The Morgan fingerprint density at radius 2 is 2.11 bits per heavy atom. The average Bonchev–Trinajstić information content (AvgIpc) is 2.86. The van der Waals surface area contributed by atoms with Crippen molar-refractivity contribution in [1.82, 2.24) is 0 Å². The van der Waals surface area contributed by atoms with E-state index in [1.54, 1.807) is 6.07 Å². The van der Waals surface area contributed by atoms with Crippen LogP contribution in [0.4, 0.5) is 0 Å². The summed E-state index contributed by atoms with van der Waals surface area (Å²) in [5.41, 5.74) is 2.46. The predicted octanol–water partition coefficient (Wildman–Crippen LogP) is 3.00. The van der Waals surface area contributed by atoms with Gasteiger partial charge in [0.05, 0.1) is 18.7 Å². The van der Waals surface area contributed by atoms with Crippen molar-refractivity contribution in [1.29, 1.82) is 5.26 Å². The summed E-state index contributed by atoms with van der Waals surface area (Å²) >= 11 is 1.36. The van der Waals surface area contributed by atoms with Crippen molar-refractivity contribution < 1.29 is 9.53 Å². The Kier molecular flexibility index (Phi) is 3.75. The topological polar surface area (TPSA) is 50.1 Å². The first-order valence-corrected chi connectivity index (χ1v) is 6.27. The molecule has 0 saturated carbocycles. The van der Waals surface area contributed by atoms with Crippen LogP contribution in [0.15, 0.2) is 35.7 Å². The van der Waals surface area contributed by atoms with E-state index in [2.05, 4.69) is 6.07 Å². The predicted molar refractivity (Wildman–Crippen MR) is 69.6 cm³/mol. The fourth-order valence-electron chi connectivity index (χ4n) is 1.74. The summed E-state index contributed by atoms with van der Waals surface area (Å²) in [6, 6.07) is 11.4. The van der Waals surface area contributed by atoms with E-state index in [0.29, 0.717) is 16.9 Å². The molecule has 2 rings (SSSR count). The standard InChI is InChI=1S/C14H11NO2S/c1-17-14(16)13-11(6-7-18-13)8-10-4-2-3-5-12(10)9-15/h2-7H,8H2,1H3. The van der Waals surface area contributed by atoms with Crippen LogP contribution in [0.5, 0.6) is 0 Å². The van der Waals surface area contributed by atoms with Crippen molar-refractivity contribution in [3.05, 3.63) is 57.3 Å². The molecule has 0 spiro atoms. The average molecular weight is 257 g/mol. The Morgan fingerprint density at radius 1 is 1.33 bits per heavy atom. The molecule has 18 heavy (non-hydrogen) atoms. The Morgan fingerprint density at radius 3 is 2.83 bits per heavy atom. The number of methoxy groups -OCH3 is 1. The van der Waals surface area contributed by atoms with E-state index in [4.69, 9.17) is 10.00 Å². The molecular weight excluding hydrogens is 246 g/mol. The molecule has 1 heterocycles. The molecule has 2 aromatic rings. The van der Waals surface area contributed by atoms with Crippen LogP contribution in [-0.4, -0.2) is 13.1 Å². The minimum Gasteiger partial charge on any atom is -0.465 e. The number of hydrogen-bond acceptors (Lipinski definition) is 4. The molecule has 0 fully saturated rings. The molecule has 0 radical (unpaired) electrons. The molecule has 0 amide bonds. The molecule has 0 atom stereocenters. The number of carbonyl (C=O) groups is 1. The summed E-state index contributed by atoms with van der Waals surface area (Å²) in [6.45, 7) is 0. The monoisotopic (exact) mass is 257 g/mol. The van der Waals surface area contributed by atoms with Crippen molar-refractivity contribution in [3.63, 3.8) is 0 Å². The maximum atomic E-state index is 11.6. The van der Waals surface area contributed by atoms with Crippen molar-refractivity contribution >= 4 is 17.3 Å². The molecule has 1 aromatic heterocycles. The largest absolute Gasteiger partial charge is 0.465 e. The van der Waals surface area contributed by atoms with Crippen LogP contribution in [0.25, 0.3) is 0 Å². The third-order valence-electron chi connectivity index (χ3n) is 2.64. The highest BCUT2D eigenvalue weighted by Crippen LogP contribution is 2.22. The smallest absolute Gasteiger partial charge is 0.348 e. The zero-order valence-electron chi connectivity index (χ0n) is 9.84. The van der Waals surface area contributed by atoms with Crippen LogP contribution in [0.2, 0.25) is 0 Å². The normalized spacial score (nSPS) is 9.78. The van der Waals surface area contributed by atoms with E-state index >= 15 is 0 Å². The zero-order chi connectivity index (χ0) is 13.0. The maximum absolute atomic E-state index is 11.6. The second kappa shape index (κ2) is 5.48. The van der Waals surface area contributed by atoms with Gasteiger partial charge in [0, 0.05) is 6.42 Å². The van der Waals surface area contributed by atoms with Gasteiger partial charge in [0.2, 0.25) is 0 Å². The van der Waals surface area contributed by atoms with Gasteiger partial charge < -0.3 is 4.74 Å². The lowest BCUT2D eigenvalue weighted by molar-refractivity contribution is 0.0605. The van der Waals surface area contributed by atoms with Gasteiger partial charge in [-0.15, -0.1) is 11.3 Å². The molecule has 0 aliphatic heterocycles. The summed E-state index contributed by atoms with van der Waals surface area (Å²) < 4.78 is 4.74. The minimum atomic E-state index is -0.325. The lowest BCUT2D eigenvalue weighted by atomic mass is 10.0. The number of nitriles is 1. The number of thiophene rings is 1. The van der Waals surface area contributed by atoms with Gasteiger partial charge in [-0.1, -0.05) is 18.2 Å².